The normalized spacial score (nSPS) is 11.2. The lowest BCUT2D eigenvalue weighted by Crippen LogP contribution is -2.33. The van der Waals surface area contributed by atoms with E-state index < -0.39 is 0 Å². The molecule has 0 spiro atoms. The average molecular weight is 487 g/mol. The van der Waals surface area contributed by atoms with Gasteiger partial charge in [-0.05, 0) is 30.0 Å². The molecular formula is C19H30IN5O2. The lowest BCUT2D eigenvalue weighted by atomic mass is 10.1. The minimum atomic E-state index is 0. The summed E-state index contributed by atoms with van der Waals surface area (Å²) < 4.78 is 12.7. The van der Waals surface area contributed by atoms with Gasteiger partial charge in [0.15, 0.2) is 17.5 Å². The van der Waals surface area contributed by atoms with Crippen molar-refractivity contribution < 1.29 is 9.47 Å². The Labute approximate surface area is 178 Å². The molecule has 0 aliphatic heterocycles. The van der Waals surface area contributed by atoms with Crippen LogP contribution in [0.2, 0.25) is 0 Å². The molecule has 1 aromatic heterocycles. The number of nitrogens with two attached hydrogens (primary N) is 1. The summed E-state index contributed by atoms with van der Waals surface area (Å²) in [6.45, 7) is 6.44. The van der Waals surface area contributed by atoms with E-state index in [1.807, 2.05) is 24.4 Å². The Bertz CT molecular complexity index is 731. The van der Waals surface area contributed by atoms with E-state index in [1.54, 1.807) is 20.4 Å². The van der Waals surface area contributed by atoms with Gasteiger partial charge in [-0.3, -0.25) is 0 Å². The third-order valence-corrected chi connectivity index (χ3v) is 3.92. The van der Waals surface area contributed by atoms with E-state index in [0.717, 1.165) is 35.9 Å². The van der Waals surface area contributed by atoms with E-state index >= 15 is 0 Å². The number of halogens is 1. The Morgan fingerprint density at radius 1 is 1.26 bits per heavy atom. The van der Waals surface area contributed by atoms with Crippen molar-refractivity contribution in [2.45, 2.75) is 33.4 Å². The topological polar surface area (TPSA) is 86.7 Å². The molecule has 3 N–H and O–H groups in total. The highest BCUT2D eigenvalue weighted by Crippen LogP contribution is 2.27. The van der Waals surface area contributed by atoms with Gasteiger partial charge in [0.05, 0.1) is 14.2 Å². The van der Waals surface area contributed by atoms with Gasteiger partial charge in [0, 0.05) is 25.5 Å². The zero-order valence-electron chi connectivity index (χ0n) is 16.4. The molecule has 27 heavy (non-hydrogen) atoms. The number of hydrogen-bond acceptors (Lipinski definition) is 4. The van der Waals surface area contributed by atoms with Gasteiger partial charge in [0.1, 0.15) is 12.4 Å². The highest BCUT2D eigenvalue weighted by atomic mass is 127. The maximum absolute atomic E-state index is 5.96. The first-order chi connectivity index (χ1) is 12.5. The smallest absolute Gasteiger partial charge is 0.189 e. The van der Waals surface area contributed by atoms with E-state index in [9.17, 15) is 0 Å². The van der Waals surface area contributed by atoms with Gasteiger partial charge in [0.25, 0.3) is 0 Å². The lowest BCUT2D eigenvalue weighted by Gasteiger charge is -2.11. The molecule has 1 aromatic carbocycles. The van der Waals surface area contributed by atoms with Crippen LogP contribution in [0.5, 0.6) is 11.5 Å². The molecule has 0 saturated carbocycles. The Morgan fingerprint density at radius 3 is 2.67 bits per heavy atom. The van der Waals surface area contributed by atoms with Crippen molar-refractivity contribution in [3.05, 3.63) is 42.0 Å². The van der Waals surface area contributed by atoms with Crippen LogP contribution >= 0.6 is 24.0 Å². The zero-order chi connectivity index (χ0) is 18.9. The lowest BCUT2D eigenvalue weighted by molar-refractivity contribution is 0.354. The Morgan fingerprint density at radius 2 is 2.00 bits per heavy atom. The van der Waals surface area contributed by atoms with Crippen LogP contribution in [0, 0.1) is 5.92 Å². The molecule has 2 aromatic rings. The summed E-state index contributed by atoms with van der Waals surface area (Å²) in [5.41, 5.74) is 7.10. The minimum absolute atomic E-state index is 0. The van der Waals surface area contributed by atoms with Crippen molar-refractivity contribution in [2.24, 2.45) is 16.6 Å². The maximum atomic E-state index is 5.96. The van der Waals surface area contributed by atoms with E-state index in [1.165, 1.54) is 0 Å². The number of benzene rings is 1. The molecule has 0 atom stereocenters. The summed E-state index contributed by atoms with van der Waals surface area (Å²) in [7, 11) is 3.26. The highest BCUT2D eigenvalue weighted by Gasteiger charge is 2.06. The number of nitrogens with zero attached hydrogens (tertiary/aromatic N) is 3. The standard InChI is InChI=1S/C19H29N5O2.HI/c1-14(2)13-24-10-9-21-18(24)12-23-19(20)22-8-7-15-5-6-16(25-3)17(11-15)26-4;/h5-6,9-11,14H,7-8,12-13H2,1-4H3,(H3,20,22,23);1H. The number of hydrogen-bond donors (Lipinski definition) is 2. The van der Waals surface area contributed by atoms with Crippen molar-refractivity contribution in [1.29, 1.82) is 0 Å². The van der Waals surface area contributed by atoms with Gasteiger partial charge >= 0.3 is 0 Å². The molecule has 0 saturated heterocycles. The largest absolute Gasteiger partial charge is 0.493 e. The molecule has 1 heterocycles. The van der Waals surface area contributed by atoms with Crippen LogP contribution in [-0.4, -0.2) is 36.3 Å². The van der Waals surface area contributed by atoms with E-state index in [4.69, 9.17) is 15.2 Å². The molecule has 2 rings (SSSR count). The Hall–Kier alpha value is -1.97. The summed E-state index contributed by atoms with van der Waals surface area (Å²) in [6, 6.07) is 5.88. The number of imidazole rings is 1. The second kappa shape index (κ2) is 11.7. The third-order valence-electron chi connectivity index (χ3n) is 3.92. The first kappa shape index (κ1) is 23.1. The molecule has 0 aliphatic carbocycles. The fraction of sp³-hybridized carbons (Fsp3) is 0.474. The van der Waals surface area contributed by atoms with Gasteiger partial charge in [0.2, 0.25) is 0 Å². The Kier molecular flexibility index (Phi) is 9.98. The second-order valence-electron chi connectivity index (χ2n) is 6.46. The molecule has 0 fully saturated rings. The number of nitrogens with one attached hydrogen (secondary N) is 1. The SMILES string of the molecule is COc1ccc(CCNC(N)=NCc2nccn2CC(C)C)cc1OC.I. The zero-order valence-corrected chi connectivity index (χ0v) is 18.8. The van der Waals surface area contributed by atoms with Crippen LogP contribution in [0.4, 0.5) is 0 Å². The van der Waals surface area contributed by atoms with E-state index in [-0.39, 0.29) is 24.0 Å². The van der Waals surface area contributed by atoms with E-state index in [2.05, 4.69) is 33.7 Å². The monoisotopic (exact) mass is 487 g/mol. The molecular weight excluding hydrogens is 457 g/mol. The molecule has 0 bridgehead atoms. The number of aliphatic imine (C=N–C) groups is 1. The van der Waals surface area contributed by atoms with Crippen molar-refractivity contribution in [3.63, 3.8) is 0 Å². The summed E-state index contributed by atoms with van der Waals surface area (Å²) in [4.78, 5) is 8.73. The van der Waals surface area contributed by atoms with Gasteiger partial charge in [-0.15, -0.1) is 24.0 Å². The fourth-order valence-electron chi connectivity index (χ4n) is 2.63. The molecule has 0 radical (unpaired) electrons. The van der Waals surface area contributed by atoms with Gasteiger partial charge in [-0.2, -0.15) is 0 Å². The predicted octanol–water partition coefficient (Wildman–Crippen LogP) is 2.82. The van der Waals surface area contributed by atoms with Crippen LogP contribution in [0.1, 0.15) is 25.2 Å². The highest BCUT2D eigenvalue weighted by molar-refractivity contribution is 14.0. The van der Waals surface area contributed by atoms with Crippen LogP contribution < -0.4 is 20.5 Å². The van der Waals surface area contributed by atoms with Gasteiger partial charge < -0.3 is 25.1 Å². The molecule has 0 amide bonds. The maximum Gasteiger partial charge on any atom is 0.189 e. The molecule has 150 valence electrons. The van der Waals surface area contributed by atoms with Crippen molar-refractivity contribution in [1.82, 2.24) is 14.9 Å². The first-order valence-corrected chi connectivity index (χ1v) is 8.78. The second-order valence-corrected chi connectivity index (χ2v) is 6.46. The van der Waals surface area contributed by atoms with Crippen LogP contribution in [-0.2, 0) is 19.5 Å². The molecule has 0 unspecified atom stereocenters. The summed E-state index contributed by atoms with van der Waals surface area (Å²) in [5.74, 6) is 3.35. The number of aromatic nitrogens is 2. The van der Waals surface area contributed by atoms with Crippen LogP contribution in [0.15, 0.2) is 35.6 Å². The quantitative estimate of drug-likeness (QED) is 0.323. The average Bonchev–Trinajstić information content (AvgIpc) is 3.06. The number of guanidine groups is 1. The minimum Gasteiger partial charge on any atom is -0.493 e. The molecule has 0 aliphatic rings. The molecule has 7 nitrogen and oxygen atoms in total. The molecule has 8 heteroatoms. The third kappa shape index (κ3) is 7.28. The van der Waals surface area contributed by atoms with Crippen LogP contribution in [0.25, 0.3) is 0 Å². The summed E-state index contributed by atoms with van der Waals surface area (Å²) in [6.07, 6.45) is 4.58. The van der Waals surface area contributed by atoms with Crippen molar-refractivity contribution in [2.75, 3.05) is 20.8 Å². The summed E-state index contributed by atoms with van der Waals surface area (Å²) in [5, 5.41) is 3.14. The number of methoxy groups -OCH3 is 2. The fourth-order valence-corrected chi connectivity index (χ4v) is 2.63. The predicted molar refractivity (Wildman–Crippen MR) is 119 cm³/mol. The number of rotatable bonds is 9. The van der Waals surface area contributed by atoms with Gasteiger partial charge in [-0.25, -0.2) is 9.98 Å². The van der Waals surface area contributed by atoms with Crippen molar-refractivity contribution in [3.8, 4) is 11.5 Å². The first-order valence-electron chi connectivity index (χ1n) is 8.78. The Balaban J connectivity index is 0.00000364. The van der Waals surface area contributed by atoms with Crippen molar-refractivity contribution >= 4 is 29.9 Å². The number of ether oxygens (including phenoxy) is 2. The van der Waals surface area contributed by atoms with E-state index in [0.29, 0.717) is 25.0 Å². The van der Waals surface area contributed by atoms with Gasteiger partial charge in [-0.1, -0.05) is 19.9 Å². The summed E-state index contributed by atoms with van der Waals surface area (Å²) >= 11 is 0. The van der Waals surface area contributed by atoms with Crippen LogP contribution in [0.3, 0.4) is 0 Å².